The number of hydrogen-bond acceptors (Lipinski definition) is 1. The highest BCUT2D eigenvalue weighted by atomic mass is 35.5. The fourth-order valence-corrected chi connectivity index (χ4v) is 2.81. The maximum atomic E-state index is 13.3. The van der Waals surface area contributed by atoms with Gasteiger partial charge in [-0.25, -0.2) is 4.39 Å². The van der Waals surface area contributed by atoms with E-state index in [1.807, 2.05) is 12.1 Å². The number of hydrogen-bond donors (Lipinski definition) is 2. The first-order chi connectivity index (χ1) is 10.5. The molecule has 3 aromatic rings. The Morgan fingerprint density at radius 3 is 2.77 bits per heavy atom. The lowest BCUT2D eigenvalue weighted by Crippen LogP contribution is -2.03. The van der Waals surface area contributed by atoms with Crippen LogP contribution in [0.3, 0.4) is 0 Å². The number of benzene rings is 2. The van der Waals surface area contributed by atoms with Gasteiger partial charge in [0.05, 0.1) is 6.42 Å². The molecule has 0 aliphatic heterocycles. The van der Waals surface area contributed by atoms with Crippen molar-refractivity contribution < 1.29 is 14.3 Å². The Bertz CT molecular complexity index is 857. The van der Waals surface area contributed by atoms with Gasteiger partial charge in [-0.3, -0.25) is 4.79 Å². The lowest BCUT2D eigenvalue weighted by Gasteiger charge is -2.03. The minimum atomic E-state index is -0.906. The van der Waals surface area contributed by atoms with Crippen molar-refractivity contribution in [2.75, 3.05) is 0 Å². The molecule has 0 aliphatic carbocycles. The molecule has 0 unspecified atom stereocenters. The summed E-state index contributed by atoms with van der Waals surface area (Å²) in [6.45, 7) is 0. The van der Waals surface area contributed by atoms with Gasteiger partial charge in [-0.2, -0.15) is 0 Å². The highest BCUT2D eigenvalue weighted by molar-refractivity contribution is 6.31. The van der Waals surface area contributed by atoms with Crippen molar-refractivity contribution in [2.24, 2.45) is 0 Å². The van der Waals surface area contributed by atoms with Gasteiger partial charge in [0.2, 0.25) is 0 Å². The molecule has 112 valence electrons. The van der Waals surface area contributed by atoms with Crippen molar-refractivity contribution in [3.63, 3.8) is 0 Å². The van der Waals surface area contributed by atoms with Crippen LogP contribution in [0.1, 0.15) is 16.8 Å². The summed E-state index contributed by atoms with van der Waals surface area (Å²) in [5.74, 6) is -1.22. The fraction of sp³-hybridized carbons (Fsp3) is 0.118. The summed E-state index contributed by atoms with van der Waals surface area (Å²) in [5.41, 5.74) is 3.05. The molecule has 2 N–H and O–H groups in total. The Morgan fingerprint density at radius 2 is 2.05 bits per heavy atom. The molecular formula is C17H13ClFNO2. The van der Waals surface area contributed by atoms with E-state index in [9.17, 15) is 9.18 Å². The lowest BCUT2D eigenvalue weighted by molar-refractivity contribution is -0.136. The Kier molecular flexibility index (Phi) is 3.86. The molecule has 1 aromatic heterocycles. The molecule has 0 amide bonds. The lowest BCUT2D eigenvalue weighted by atomic mass is 10.0. The zero-order chi connectivity index (χ0) is 15.7. The first-order valence-corrected chi connectivity index (χ1v) is 7.16. The molecule has 22 heavy (non-hydrogen) atoms. The number of rotatable bonds is 4. The molecule has 0 saturated heterocycles. The monoisotopic (exact) mass is 317 g/mol. The van der Waals surface area contributed by atoms with E-state index >= 15 is 0 Å². The van der Waals surface area contributed by atoms with Gasteiger partial charge >= 0.3 is 5.97 Å². The van der Waals surface area contributed by atoms with Crippen LogP contribution in [-0.4, -0.2) is 16.1 Å². The average molecular weight is 318 g/mol. The van der Waals surface area contributed by atoms with Crippen molar-refractivity contribution in [3.05, 3.63) is 70.1 Å². The Balaban J connectivity index is 2.08. The second-order valence-corrected chi connectivity index (χ2v) is 5.59. The van der Waals surface area contributed by atoms with E-state index in [1.165, 1.54) is 12.1 Å². The van der Waals surface area contributed by atoms with E-state index in [0.29, 0.717) is 17.0 Å². The van der Waals surface area contributed by atoms with E-state index in [2.05, 4.69) is 4.98 Å². The fourth-order valence-electron chi connectivity index (χ4n) is 2.64. The molecule has 0 saturated carbocycles. The van der Waals surface area contributed by atoms with E-state index in [-0.39, 0.29) is 12.2 Å². The summed E-state index contributed by atoms with van der Waals surface area (Å²) in [5, 5.41) is 10.5. The van der Waals surface area contributed by atoms with E-state index < -0.39 is 5.97 Å². The number of carboxylic acids is 1. The normalized spacial score (nSPS) is 11.0. The van der Waals surface area contributed by atoms with Gasteiger partial charge in [0.1, 0.15) is 5.82 Å². The van der Waals surface area contributed by atoms with Gasteiger partial charge in [-0.1, -0.05) is 29.8 Å². The van der Waals surface area contributed by atoms with Crippen molar-refractivity contribution >= 4 is 28.5 Å². The minimum absolute atomic E-state index is 0.0910. The van der Waals surface area contributed by atoms with Gasteiger partial charge in [-0.15, -0.1) is 0 Å². The van der Waals surface area contributed by atoms with E-state index in [4.69, 9.17) is 16.7 Å². The molecule has 0 fully saturated rings. The molecule has 0 spiro atoms. The van der Waals surface area contributed by atoms with Gasteiger partial charge in [-0.05, 0) is 35.4 Å². The molecule has 1 heterocycles. The molecule has 0 aliphatic rings. The zero-order valence-electron chi connectivity index (χ0n) is 11.6. The van der Waals surface area contributed by atoms with Crippen LogP contribution < -0.4 is 0 Å². The summed E-state index contributed by atoms with van der Waals surface area (Å²) in [4.78, 5) is 14.3. The summed E-state index contributed by atoms with van der Waals surface area (Å²) < 4.78 is 13.3. The predicted octanol–water partition coefficient (Wildman–Crippen LogP) is 4.18. The van der Waals surface area contributed by atoms with Crippen molar-refractivity contribution in [1.29, 1.82) is 0 Å². The van der Waals surface area contributed by atoms with E-state index in [0.717, 1.165) is 22.2 Å². The number of carboxylic acid groups (broad SMARTS) is 1. The van der Waals surface area contributed by atoms with Gasteiger partial charge < -0.3 is 10.1 Å². The van der Waals surface area contributed by atoms with Crippen molar-refractivity contribution in [1.82, 2.24) is 4.98 Å². The number of fused-ring (bicyclic) bond motifs is 1. The molecule has 3 nitrogen and oxygen atoms in total. The van der Waals surface area contributed by atoms with Crippen LogP contribution in [0.2, 0.25) is 5.02 Å². The van der Waals surface area contributed by atoms with Gasteiger partial charge in [0.15, 0.2) is 0 Å². The van der Waals surface area contributed by atoms with Crippen LogP contribution >= 0.6 is 11.6 Å². The third kappa shape index (κ3) is 2.97. The molecular weight excluding hydrogens is 305 g/mol. The highest BCUT2D eigenvalue weighted by Crippen LogP contribution is 2.27. The zero-order valence-corrected chi connectivity index (χ0v) is 12.3. The molecule has 0 atom stereocenters. The second kappa shape index (κ2) is 5.81. The van der Waals surface area contributed by atoms with Crippen LogP contribution in [0.25, 0.3) is 10.9 Å². The van der Waals surface area contributed by atoms with Gasteiger partial charge in [0.25, 0.3) is 0 Å². The minimum Gasteiger partial charge on any atom is -0.481 e. The molecule has 0 bridgehead atoms. The molecule has 0 radical (unpaired) electrons. The Morgan fingerprint density at radius 1 is 1.23 bits per heavy atom. The third-order valence-electron chi connectivity index (χ3n) is 3.55. The van der Waals surface area contributed by atoms with Crippen molar-refractivity contribution in [2.45, 2.75) is 12.8 Å². The largest absolute Gasteiger partial charge is 0.481 e. The quantitative estimate of drug-likeness (QED) is 0.758. The summed E-state index contributed by atoms with van der Waals surface area (Å²) >= 11 is 5.98. The number of halogens is 2. The number of aromatic nitrogens is 1. The smallest absolute Gasteiger partial charge is 0.307 e. The van der Waals surface area contributed by atoms with Crippen LogP contribution in [-0.2, 0) is 17.6 Å². The Labute approximate surface area is 131 Å². The van der Waals surface area contributed by atoms with Crippen LogP contribution in [0.4, 0.5) is 4.39 Å². The van der Waals surface area contributed by atoms with Crippen LogP contribution in [0.15, 0.2) is 42.5 Å². The number of H-pyrrole nitrogens is 1. The number of aliphatic carboxylic acids is 1. The van der Waals surface area contributed by atoms with Gasteiger partial charge in [0, 0.05) is 28.0 Å². The summed E-state index contributed by atoms with van der Waals surface area (Å²) in [7, 11) is 0. The van der Waals surface area contributed by atoms with Crippen molar-refractivity contribution in [3.8, 4) is 0 Å². The first-order valence-electron chi connectivity index (χ1n) is 6.78. The predicted molar refractivity (Wildman–Crippen MR) is 83.9 cm³/mol. The SMILES string of the molecule is O=C(O)Cc1c(Cc2cccc(F)c2)[nH]c2cc(Cl)ccc12. The Hall–Kier alpha value is -2.33. The molecule has 3 rings (SSSR count). The second-order valence-electron chi connectivity index (χ2n) is 5.15. The molecule has 5 heteroatoms. The van der Waals surface area contributed by atoms with E-state index in [1.54, 1.807) is 18.2 Å². The number of aromatic amines is 1. The third-order valence-corrected chi connectivity index (χ3v) is 3.79. The number of nitrogens with one attached hydrogen (secondary N) is 1. The summed E-state index contributed by atoms with van der Waals surface area (Å²) in [6, 6.07) is 11.6. The highest BCUT2D eigenvalue weighted by Gasteiger charge is 2.15. The standard InChI is InChI=1S/C17H13ClFNO2/c18-11-4-5-13-14(9-17(21)22)15(20-16(13)8-11)7-10-2-1-3-12(19)6-10/h1-6,8,20H,7,9H2,(H,21,22). The topological polar surface area (TPSA) is 53.1 Å². The molecule has 2 aromatic carbocycles. The maximum Gasteiger partial charge on any atom is 0.307 e. The summed E-state index contributed by atoms with van der Waals surface area (Å²) in [6.07, 6.45) is 0.346. The number of carbonyl (C=O) groups is 1. The van der Waals surface area contributed by atoms with Crippen LogP contribution in [0, 0.1) is 5.82 Å². The maximum absolute atomic E-state index is 13.3. The first kappa shape index (κ1) is 14.6. The van der Waals surface area contributed by atoms with Crippen LogP contribution in [0.5, 0.6) is 0 Å². The average Bonchev–Trinajstić information content (AvgIpc) is 2.75.